The van der Waals surface area contributed by atoms with Crippen LogP contribution in [0.2, 0.25) is 0 Å². The Morgan fingerprint density at radius 1 is 1.06 bits per heavy atom. The number of benzene rings is 2. The molecule has 0 atom stereocenters. The first kappa shape index (κ1) is 10.8. The number of nitrogen functional groups attached to an aromatic ring is 1. The van der Waals surface area contributed by atoms with Crippen LogP contribution in [-0.2, 0) is 6.42 Å². The van der Waals surface area contributed by atoms with Crippen LogP contribution in [0.4, 0.5) is 5.69 Å². The quantitative estimate of drug-likeness (QED) is 0.673. The third-order valence-corrected chi connectivity index (χ3v) is 3.05. The van der Waals surface area contributed by atoms with E-state index < -0.39 is 0 Å². The van der Waals surface area contributed by atoms with Gasteiger partial charge in [0.05, 0.1) is 11.0 Å². The molecule has 18 heavy (non-hydrogen) atoms. The Labute approximate surface area is 106 Å². The molecule has 90 valence electrons. The van der Waals surface area contributed by atoms with E-state index in [0.29, 0.717) is 0 Å². The lowest BCUT2D eigenvalue weighted by molar-refractivity contribution is 1.17. The molecule has 3 heteroatoms. The zero-order valence-electron chi connectivity index (χ0n) is 10.3. The zero-order chi connectivity index (χ0) is 12.5. The summed E-state index contributed by atoms with van der Waals surface area (Å²) in [5.41, 5.74) is 11.1. The van der Waals surface area contributed by atoms with Gasteiger partial charge in [-0.1, -0.05) is 18.2 Å². The third kappa shape index (κ3) is 2.07. The van der Waals surface area contributed by atoms with Crippen molar-refractivity contribution in [2.24, 2.45) is 0 Å². The summed E-state index contributed by atoms with van der Waals surface area (Å²) in [5.74, 6) is 0.953. The summed E-state index contributed by atoms with van der Waals surface area (Å²) < 4.78 is 0. The molecule has 0 aliphatic heterocycles. The Bertz CT molecular complexity index is 681. The monoisotopic (exact) mass is 237 g/mol. The number of aromatic nitrogens is 2. The van der Waals surface area contributed by atoms with Crippen molar-refractivity contribution in [3.8, 4) is 0 Å². The Hall–Kier alpha value is -2.29. The molecule has 0 spiro atoms. The van der Waals surface area contributed by atoms with Gasteiger partial charge in [0, 0.05) is 5.69 Å². The molecule has 2 aromatic carbocycles. The van der Waals surface area contributed by atoms with Gasteiger partial charge < -0.3 is 10.7 Å². The lowest BCUT2D eigenvalue weighted by atomic mass is 10.0. The van der Waals surface area contributed by atoms with Gasteiger partial charge in [-0.15, -0.1) is 0 Å². The molecule has 0 unspecified atom stereocenters. The van der Waals surface area contributed by atoms with E-state index >= 15 is 0 Å². The minimum Gasteiger partial charge on any atom is -0.399 e. The molecule has 0 amide bonds. The second-order valence-corrected chi connectivity index (χ2v) is 4.59. The van der Waals surface area contributed by atoms with E-state index in [1.165, 1.54) is 11.1 Å². The van der Waals surface area contributed by atoms with Crippen molar-refractivity contribution in [3.05, 3.63) is 59.4 Å². The number of hydrogen-bond acceptors (Lipinski definition) is 2. The maximum absolute atomic E-state index is 5.68. The van der Waals surface area contributed by atoms with E-state index in [0.717, 1.165) is 29.0 Å². The van der Waals surface area contributed by atoms with Gasteiger partial charge in [0.1, 0.15) is 5.82 Å². The first-order valence-corrected chi connectivity index (χ1v) is 6.00. The number of aryl methyl sites for hydroxylation is 1. The normalized spacial score (nSPS) is 10.9. The molecule has 0 radical (unpaired) electrons. The van der Waals surface area contributed by atoms with Crippen molar-refractivity contribution in [1.82, 2.24) is 9.97 Å². The zero-order valence-corrected chi connectivity index (χ0v) is 10.3. The number of nitrogens with one attached hydrogen (secondary N) is 1. The summed E-state index contributed by atoms with van der Waals surface area (Å²) in [6.45, 7) is 1.97. The van der Waals surface area contributed by atoms with Gasteiger partial charge in [-0.25, -0.2) is 4.98 Å². The Balaban J connectivity index is 1.92. The van der Waals surface area contributed by atoms with Crippen molar-refractivity contribution in [2.75, 3.05) is 5.73 Å². The van der Waals surface area contributed by atoms with Crippen LogP contribution in [-0.4, -0.2) is 9.97 Å². The molecule has 0 aliphatic rings. The Morgan fingerprint density at radius 3 is 2.56 bits per heavy atom. The van der Waals surface area contributed by atoms with Crippen LogP contribution < -0.4 is 5.73 Å². The van der Waals surface area contributed by atoms with Crippen LogP contribution in [0, 0.1) is 6.92 Å². The molecule has 0 bridgehead atoms. The predicted molar refractivity (Wildman–Crippen MR) is 74.5 cm³/mol. The van der Waals surface area contributed by atoms with Crippen LogP contribution in [0.1, 0.15) is 17.0 Å². The van der Waals surface area contributed by atoms with Crippen molar-refractivity contribution in [1.29, 1.82) is 0 Å². The summed E-state index contributed by atoms with van der Waals surface area (Å²) in [6, 6.07) is 14.4. The average Bonchev–Trinajstić information content (AvgIpc) is 2.71. The van der Waals surface area contributed by atoms with Crippen LogP contribution in [0.3, 0.4) is 0 Å². The van der Waals surface area contributed by atoms with E-state index in [2.05, 4.69) is 40.3 Å². The topological polar surface area (TPSA) is 54.7 Å². The van der Waals surface area contributed by atoms with Gasteiger partial charge in [-0.3, -0.25) is 0 Å². The summed E-state index contributed by atoms with van der Waals surface area (Å²) >= 11 is 0. The summed E-state index contributed by atoms with van der Waals surface area (Å²) in [7, 11) is 0. The highest BCUT2D eigenvalue weighted by molar-refractivity contribution is 5.75. The predicted octanol–water partition coefficient (Wildman–Crippen LogP) is 3.04. The van der Waals surface area contributed by atoms with Crippen LogP contribution in [0.25, 0.3) is 11.0 Å². The first-order chi connectivity index (χ1) is 8.70. The van der Waals surface area contributed by atoms with Crippen molar-refractivity contribution >= 4 is 16.7 Å². The second kappa shape index (κ2) is 4.18. The molecule has 1 heterocycles. The molecule has 0 aliphatic carbocycles. The number of H-pyrrole nitrogens is 1. The second-order valence-electron chi connectivity index (χ2n) is 4.59. The van der Waals surface area contributed by atoms with Gasteiger partial charge in [0.15, 0.2) is 0 Å². The van der Waals surface area contributed by atoms with E-state index in [4.69, 9.17) is 5.73 Å². The molecular weight excluding hydrogens is 222 g/mol. The van der Waals surface area contributed by atoms with Gasteiger partial charge in [-0.2, -0.15) is 0 Å². The van der Waals surface area contributed by atoms with Gasteiger partial charge >= 0.3 is 0 Å². The highest BCUT2D eigenvalue weighted by atomic mass is 14.9. The van der Waals surface area contributed by atoms with Gasteiger partial charge in [0.2, 0.25) is 0 Å². The maximum Gasteiger partial charge on any atom is 0.104 e. The fraction of sp³-hybridized carbons (Fsp3) is 0.133. The number of aromatic amines is 1. The van der Waals surface area contributed by atoms with Crippen molar-refractivity contribution in [2.45, 2.75) is 13.3 Å². The van der Waals surface area contributed by atoms with E-state index in [1.54, 1.807) is 0 Å². The van der Waals surface area contributed by atoms with Crippen molar-refractivity contribution in [3.63, 3.8) is 0 Å². The van der Waals surface area contributed by atoms with Gasteiger partial charge in [-0.05, 0) is 48.7 Å². The maximum atomic E-state index is 5.68. The minimum atomic E-state index is 0.804. The SMILES string of the molecule is Cc1nc2ccc(Cc3ccc(N)cc3)cc2[nH]1. The molecule has 3 nitrogen and oxygen atoms in total. The average molecular weight is 237 g/mol. The lowest BCUT2D eigenvalue weighted by Gasteiger charge is -2.02. The first-order valence-electron chi connectivity index (χ1n) is 6.00. The van der Waals surface area contributed by atoms with Gasteiger partial charge in [0.25, 0.3) is 0 Å². The van der Waals surface area contributed by atoms with Crippen LogP contribution in [0.15, 0.2) is 42.5 Å². The molecule has 0 fully saturated rings. The molecule has 3 aromatic rings. The standard InChI is InChI=1S/C15H15N3/c1-10-17-14-7-4-12(9-15(14)18-10)8-11-2-5-13(16)6-3-11/h2-7,9H,8,16H2,1H3,(H,17,18). The summed E-state index contributed by atoms with van der Waals surface area (Å²) in [4.78, 5) is 7.66. The molecule has 3 rings (SSSR count). The van der Waals surface area contributed by atoms with E-state index in [-0.39, 0.29) is 0 Å². The third-order valence-electron chi connectivity index (χ3n) is 3.05. The van der Waals surface area contributed by atoms with E-state index in [9.17, 15) is 0 Å². The molecule has 0 saturated carbocycles. The molecule has 0 saturated heterocycles. The highest BCUT2D eigenvalue weighted by Gasteiger charge is 2.02. The number of imidazole rings is 1. The number of nitrogens with zero attached hydrogens (tertiary/aromatic N) is 1. The smallest absolute Gasteiger partial charge is 0.104 e. The van der Waals surface area contributed by atoms with Crippen molar-refractivity contribution < 1.29 is 0 Å². The Morgan fingerprint density at radius 2 is 1.78 bits per heavy atom. The lowest BCUT2D eigenvalue weighted by Crippen LogP contribution is -1.90. The van der Waals surface area contributed by atoms with Crippen LogP contribution >= 0.6 is 0 Å². The number of nitrogens with two attached hydrogens (primary N) is 1. The highest BCUT2D eigenvalue weighted by Crippen LogP contribution is 2.17. The fourth-order valence-corrected chi connectivity index (χ4v) is 2.17. The number of anilines is 1. The summed E-state index contributed by atoms with van der Waals surface area (Å²) in [5, 5.41) is 0. The number of rotatable bonds is 2. The summed E-state index contributed by atoms with van der Waals surface area (Å²) in [6.07, 6.45) is 0.911. The molecule has 3 N–H and O–H groups in total. The number of hydrogen-bond donors (Lipinski definition) is 2. The Kier molecular flexibility index (Phi) is 2.52. The van der Waals surface area contributed by atoms with E-state index in [1.807, 2.05) is 19.1 Å². The molecular formula is C15H15N3. The van der Waals surface area contributed by atoms with Crippen LogP contribution in [0.5, 0.6) is 0 Å². The number of fused-ring (bicyclic) bond motifs is 1. The largest absolute Gasteiger partial charge is 0.399 e. The fourth-order valence-electron chi connectivity index (χ4n) is 2.17. The molecule has 1 aromatic heterocycles. The minimum absolute atomic E-state index is 0.804.